The van der Waals surface area contributed by atoms with E-state index in [-0.39, 0.29) is 6.17 Å². The molecular weight excluding hydrogens is 282 g/mol. The zero-order valence-electron chi connectivity index (χ0n) is 11.7. The Balaban J connectivity index is 1.96. The van der Waals surface area contributed by atoms with Gasteiger partial charge in [0, 0.05) is 35.5 Å². The van der Waals surface area contributed by atoms with E-state index in [0.29, 0.717) is 5.82 Å². The van der Waals surface area contributed by atoms with Gasteiger partial charge < -0.3 is 16.4 Å². The molecule has 108 valence electrons. The van der Waals surface area contributed by atoms with E-state index in [9.17, 15) is 0 Å². The molecule has 3 heterocycles. The lowest BCUT2D eigenvalue weighted by molar-refractivity contribution is 0.712. The molecule has 6 heteroatoms. The summed E-state index contributed by atoms with van der Waals surface area (Å²) in [5, 5.41) is 0. The third kappa shape index (κ3) is 2.72. The Hall–Kier alpha value is -2.05. The number of pyridine rings is 2. The van der Waals surface area contributed by atoms with Crippen LogP contribution in [0.25, 0.3) is 6.08 Å². The van der Waals surface area contributed by atoms with E-state index in [0.717, 1.165) is 22.7 Å². The molecule has 2 aromatic heterocycles. The van der Waals surface area contributed by atoms with Gasteiger partial charge in [-0.2, -0.15) is 11.8 Å². The summed E-state index contributed by atoms with van der Waals surface area (Å²) in [4.78, 5) is 10.5. The van der Waals surface area contributed by atoms with Crippen LogP contribution in [0.15, 0.2) is 36.8 Å². The number of hydrogen-bond acceptors (Lipinski definition) is 6. The van der Waals surface area contributed by atoms with Crippen LogP contribution in [0.5, 0.6) is 0 Å². The van der Waals surface area contributed by atoms with E-state index >= 15 is 0 Å². The topological polar surface area (TPSA) is 81.1 Å². The highest BCUT2D eigenvalue weighted by molar-refractivity contribution is 7.97. The molecule has 0 bridgehead atoms. The summed E-state index contributed by atoms with van der Waals surface area (Å²) in [7, 11) is 0. The van der Waals surface area contributed by atoms with Gasteiger partial charge in [-0.15, -0.1) is 0 Å². The van der Waals surface area contributed by atoms with Gasteiger partial charge in [-0.05, 0) is 36.1 Å². The Bertz CT molecular complexity index is 686. The molecule has 5 nitrogen and oxygen atoms in total. The molecule has 1 unspecified atom stereocenters. The van der Waals surface area contributed by atoms with E-state index in [2.05, 4.69) is 22.3 Å². The van der Waals surface area contributed by atoms with Crippen molar-refractivity contribution >= 4 is 29.5 Å². The molecular formula is C15H17N5S. The average molecular weight is 299 g/mol. The number of fused-ring (bicyclic) bond motifs is 1. The Morgan fingerprint density at radius 1 is 1.33 bits per heavy atom. The lowest BCUT2D eigenvalue weighted by Gasteiger charge is -2.31. The van der Waals surface area contributed by atoms with Gasteiger partial charge in [0.05, 0.1) is 0 Å². The fraction of sp³-hybridized carbons (Fsp3) is 0.200. The predicted molar refractivity (Wildman–Crippen MR) is 88.5 cm³/mol. The first-order valence-electron chi connectivity index (χ1n) is 6.60. The van der Waals surface area contributed by atoms with E-state index in [1.807, 2.05) is 35.5 Å². The maximum Gasteiger partial charge on any atom is 0.134 e. The molecule has 0 radical (unpaired) electrons. The van der Waals surface area contributed by atoms with Crippen LogP contribution in [0.2, 0.25) is 0 Å². The zero-order valence-corrected chi connectivity index (χ0v) is 12.5. The molecule has 4 N–H and O–H groups in total. The molecule has 2 aromatic rings. The normalized spacial score (nSPS) is 16.9. The molecule has 0 fully saturated rings. The molecule has 1 aliphatic rings. The van der Waals surface area contributed by atoms with Crippen LogP contribution < -0.4 is 16.4 Å². The van der Waals surface area contributed by atoms with Crippen molar-refractivity contribution in [2.45, 2.75) is 11.9 Å². The Morgan fingerprint density at radius 2 is 2.19 bits per heavy atom. The molecule has 0 aliphatic carbocycles. The van der Waals surface area contributed by atoms with Crippen LogP contribution in [-0.2, 0) is 5.75 Å². The van der Waals surface area contributed by atoms with Crippen molar-refractivity contribution in [3.8, 4) is 0 Å². The van der Waals surface area contributed by atoms with Gasteiger partial charge in [0.2, 0.25) is 0 Å². The van der Waals surface area contributed by atoms with Crippen molar-refractivity contribution in [1.29, 1.82) is 0 Å². The lowest BCUT2D eigenvalue weighted by atomic mass is 10.0. The first kappa shape index (κ1) is 13.9. The standard InChI is InChI=1S/C15H17N5S/c1-21-9-10-2-4-18-14(6-10)20-5-3-11-8-19-13(16)7-12(11)15(20)17/h2-8,15H,9,17H2,1H3,(H2,16,19). The summed E-state index contributed by atoms with van der Waals surface area (Å²) in [6, 6.07) is 5.91. The number of anilines is 2. The van der Waals surface area contributed by atoms with Gasteiger partial charge >= 0.3 is 0 Å². The molecule has 1 atom stereocenters. The summed E-state index contributed by atoms with van der Waals surface area (Å²) in [5.74, 6) is 2.27. The molecule has 0 spiro atoms. The Labute approximate surface area is 128 Å². The van der Waals surface area contributed by atoms with E-state index < -0.39 is 0 Å². The quantitative estimate of drug-likeness (QED) is 0.905. The van der Waals surface area contributed by atoms with Gasteiger partial charge in [0.25, 0.3) is 0 Å². The van der Waals surface area contributed by atoms with Crippen LogP contribution in [0.3, 0.4) is 0 Å². The van der Waals surface area contributed by atoms with Gasteiger partial charge in [-0.25, -0.2) is 9.97 Å². The minimum atomic E-state index is -0.313. The highest BCUT2D eigenvalue weighted by Gasteiger charge is 2.22. The van der Waals surface area contributed by atoms with Crippen LogP contribution >= 0.6 is 11.8 Å². The van der Waals surface area contributed by atoms with Crippen molar-refractivity contribution < 1.29 is 0 Å². The summed E-state index contributed by atoms with van der Waals surface area (Å²) in [6.07, 6.45) is 9.25. The highest BCUT2D eigenvalue weighted by Crippen LogP contribution is 2.31. The number of aromatic nitrogens is 2. The minimum absolute atomic E-state index is 0.313. The average Bonchev–Trinajstić information content (AvgIpc) is 2.49. The number of nitrogens with zero attached hydrogens (tertiary/aromatic N) is 3. The van der Waals surface area contributed by atoms with Crippen molar-refractivity contribution in [1.82, 2.24) is 9.97 Å². The second-order valence-corrected chi connectivity index (χ2v) is 5.73. The lowest BCUT2D eigenvalue weighted by Crippen LogP contribution is -2.33. The maximum atomic E-state index is 6.36. The Morgan fingerprint density at radius 3 is 3.00 bits per heavy atom. The van der Waals surface area contributed by atoms with E-state index in [1.54, 1.807) is 18.0 Å². The predicted octanol–water partition coefficient (Wildman–Crippen LogP) is 2.37. The molecule has 21 heavy (non-hydrogen) atoms. The van der Waals surface area contributed by atoms with Crippen LogP contribution in [-0.4, -0.2) is 16.2 Å². The number of nitrogens with two attached hydrogens (primary N) is 2. The molecule has 3 rings (SSSR count). The number of nitrogen functional groups attached to an aromatic ring is 1. The van der Waals surface area contributed by atoms with Crippen LogP contribution in [0.4, 0.5) is 11.6 Å². The molecule has 0 amide bonds. The van der Waals surface area contributed by atoms with Crippen LogP contribution in [0.1, 0.15) is 22.9 Å². The van der Waals surface area contributed by atoms with E-state index in [4.69, 9.17) is 11.5 Å². The second-order valence-electron chi connectivity index (χ2n) is 4.86. The van der Waals surface area contributed by atoms with Crippen molar-refractivity contribution in [2.75, 3.05) is 16.9 Å². The number of thioether (sulfide) groups is 1. The molecule has 1 aliphatic heterocycles. The first-order chi connectivity index (χ1) is 10.2. The smallest absolute Gasteiger partial charge is 0.134 e. The molecule has 0 saturated carbocycles. The second kappa shape index (κ2) is 5.75. The van der Waals surface area contributed by atoms with Crippen molar-refractivity contribution in [3.63, 3.8) is 0 Å². The van der Waals surface area contributed by atoms with Crippen molar-refractivity contribution in [3.05, 3.63) is 53.5 Å². The van der Waals surface area contributed by atoms with Crippen LogP contribution in [0, 0.1) is 0 Å². The summed E-state index contributed by atoms with van der Waals surface area (Å²) >= 11 is 1.78. The van der Waals surface area contributed by atoms with Gasteiger partial charge in [-0.3, -0.25) is 0 Å². The fourth-order valence-corrected chi connectivity index (χ4v) is 2.89. The van der Waals surface area contributed by atoms with Gasteiger partial charge in [-0.1, -0.05) is 0 Å². The first-order valence-corrected chi connectivity index (χ1v) is 8.00. The third-order valence-corrected chi connectivity index (χ3v) is 4.03. The number of hydrogen-bond donors (Lipinski definition) is 2. The van der Waals surface area contributed by atoms with Crippen molar-refractivity contribution in [2.24, 2.45) is 5.73 Å². The SMILES string of the molecule is CSCc1ccnc(N2C=Cc3cnc(N)cc3C2N)c1. The number of rotatable bonds is 3. The largest absolute Gasteiger partial charge is 0.384 e. The van der Waals surface area contributed by atoms with Gasteiger partial charge in [0.1, 0.15) is 17.8 Å². The monoisotopic (exact) mass is 299 g/mol. The maximum absolute atomic E-state index is 6.36. The molecule has 0 aromatic carbocycles. The Kier molecular flexibility index (Phi) is 3.81. The zero-order chi connectivity index (χ0) is 14.8. The summed E-state index contributed by atoms with van der Waals surface area (Å²) in [6.45, 7) is 0. The highest BCUT2D eigenvalue weighted by atomic mass is 32.2. The molecule has 0 saturated heterocycles. The van der Waals surface area contributed by atoms with Gasteiger partial charge in [0.15, 0.2) is 0 Å². The third-order valence-electron chi connectivity index (χ3n) is 3.41. The van der Waals surface area contributed by atoms with E-state index in [1.165, 1.54) is 5.56 Å². The summed E-state index contributed by atoms with van der Waals surface area (Å²) in [5.41, 5.74) is 15.3. The minimum Gasteiger partial charge on any atom is -0.384 e. The summed E-state index contributed by atoms with van der Waals surface area (Å²) < 4.78 is 0. The fourth-order valence-electron chi connectivity index (χ4n) is 2.37.